The van der Waals surface area contributed by atoms with E-state index < -0.39 is 17.9 Å². The highest BCUT2D eigenvalue weighted by Crippen LogP contribution is 2.20. The molecule has 3 N–H and O–H groups in total. The molecule has 106 valence electrons. The summed E-state index contributed by atoms with van der Waals surface area (Å²) in [5, 5.41) is 21.5. The Morgan fingerprint density at radius 2 is 1.79 bits per heavy atom. The predicted molar refractivity (Wildman–Crippen MR) is 71.9 cm³/mol. The highest BCUT2D eigenvalue weighted by Gasteiger charge is 2.22. The lowest BCUT2D eigenvalue weighted by molar-refractivity contribution is 0.0318. The van der Waals surface area contributed by atoms with E-state index in [1.54, 1.807) is 39.8 Å². The molecule has 1 aromatic rings. The number of ether oxygens (including phenoxy) is 1. The van der Waals surface area contributed by atoms with Crippen LogP contribution < -0.4 is 5.32 Å². The van der Waals surface area contributed by atoms with Gasteiger partial charge < -0.3 is 14.9 Å². The number of rotatable bonds is 3. The summed E-state index contributed by atoms with van der Waals surface area (Å²) in [6.45, 7) is 7.03. The number of alkyl carbamates (subject to hydrolysis) is 1. The highest BCUT2D eigenvalue weighted by atomic mass is 16.6. The normalized spacial score (nSPS) is 14.6. The molecule has 0 fully saturated rings. The van der Waals surface area contributed by atoms with Gasteiger partial charge in [0.2, 0.25) is 0 Å². The zero-order chi connectivity index (χ0) is 14.6. The quantitative estimate of drug-likeness (QED) is 0.734. The van der Waals surface area contributed by atoms with E-state index in [1.807, 2.05) is 0 Å². The van der Waals surface area contributed by atoms with Crippen LogP contribution in [0, 0.1) is 0 Å². The minimum Gasteiger partial charge on any atom is -0.508 e. The van der Waals surface area contributed by atoms with Crippen molar-refractivity contribution in [3.63, 3.8) is 0 Å². The molecule has 1 amide bonds. The van der Waals surface area contributed by atoms with Crippen molar-refractivity contribution in [3.8, 4) is 5.75 Å². The fraction of sp³-hybridized carbons (Fsp3) is 0.500. The van der Waals surface area contributed by atoms with Crippen molar-refractivity contribution in [3.05, 3.63) is 29.8 Å². The van der Waals surface area contributed by atoms with Crippen LogP contribution in [0.5, 0.6) is 5.75 Å². The molecule has 0 saturated heterocycles. The lowest BCUT2D eigenvalue weighted by atomic mass is 9.99. The number of benzene rings is 1. The smallest absolute Gasteiger partial charge is 0.409 e. The number of aliphatic hydroxyl groups excluding tert-OH is 1. The minimum atomic E-state index is -1.06. The molecule has 1 aromatic carbocycles. The molecule has 2 atom stereocenters. The molecule has 2 unspecified atom stereocenters. The van der Waals surface area contributed by atoms with Crippen molar-refractivity contribution < 1.29 is 19.7 Å². The maximum Gasteiger partial charge on any atom is 0.409 e. The minimum absolute atomic E-state index is 0.158. The predicted octanol–water partition coefficient (Wildman–Crippen LogP) is 2.34. The average Bonchev–Trinajstić information content (AvgIpc) is 2.26. The molecule has 0 saturated carbocycles. The molecule has 0 heterocycles. The number of carbonyl (C=O) groups excluding carboxylic acids is 1. The third kappa shape index (κ3) is 5.18. The van der Waals surface area contributed by atoms with E-state index in [1.165, 1.54) is 12.1 Å². The summed E-state index contributed by atoms with van der Waals surface area (Å²) in [5.74, 6) is -0.154. The summed E-state index contributed by atoms with van der Waals surface area (Å²) < 4.78 is 5.06. The summed E-state index contributed by atoms with van der Waals surface area (Å²) in [7, 11) is 0. The van der Waals surface area contributed by atoms with Crippen LogP contribution in [0.1, 0.15) is 39.2 Å². The SMILES string of the molecule is CC(c1ccc(O)cc1)C(O)NC(=O)OC(C)(C)C. The van der Waals surface area contributed by atoms with Gasteiger partial charge in [0.1, 0.15) is 17.6 Å². The average molecular weight is 267 g/mol. The second-order valence-electron chi connectivity index (χ2n) is 5.47. The number of hydrogen-bond donors (Lipinski definition) is 3. The van der Waals surface area contributed by atoms with Crippen molar-refractivity contribution in [1.29, 1.82) is 0 Å². The van der Waals surface area contributed by atoms with Gasteiger partial charge in [0.15, 0.2) is 0 Å². The van der Waals surface area contributed by atoms with Gasteiger partial charge in [-0.2, -0.15) is 0 Å². The number of nitrogens with one attached hydrogen (secondary N) is 1. The number of aromatic hydroxyl groups is 1. The Bertz CT molecular complexity index is 422. The molecule has 0 aliphatic heterocycles. The van der Waals surface area contributed by atoms with E-state index in [9.17, 15) is 15.0 Å². The van der Waals surface area contributed by atoms with Crippen molar-refractivity contribution in [2.75, 3.05) is 0 Å². The Balaban J connectivity index is 2.60. The van der Waals surface area contributed by atoms with Gasteiger partial charge in [-0.15, -0.1) is 0 Å². The second-order valence-corrected chi connectivity index (χ2v) is 5.47. The fourth-order valence-corrected chi connectivity index (χ4v) is 1.51. The molecule has 0 spiro atoms. The van der Waals surface area contributed by atoms with Gasteiger partial charge in [-0.05, 0) is 38.5 Å². The maximum absolute atomic E-state index is 11.5. The first-order valence-electron chi connectivity index (χ1n) is 6.15. The zero-order valence-electron chi connectivity index (χ0n) is 11.7. The molecule has 0 radical (unpaired) electrons. The van der Waals surface area contributed by atoms with E-state index in [-0.39, 0.29) is 11.7 Å². The number of amides is 1. The molecular weight excluding hydrogens is 246 g/mol. The number of phenols is 1. The summed E-state index contributed by atoms with van der Waals surface area (Å²) in [6.07, 6.45) is -1.72. The molecule has 0 aliphatic carbocycles. The number of hydrogen-bond acceptors (Lipinski definition) is 4. The van der Waals surface area contributed by atoms with Crippen LogP contribution in [-0.2, 0) is 4.74 Å². The number of aliphatic hydroxyl groups is 1. The molecule has 0 bridgehead atoms. The largest absolute Gasteiger partial charge is 0.508 e. The van der Waals surface area contributed by atoms with Crippen LogP contribution in [-0.4, -0.2) is 28.1 Å². The first-order chi connectivity index (χ1) is 8.69. The Kier molecular flexibility index (Phi) is 4.78. The standard InChI is InChI=1S/C14H21NO4/c1-9(10-5-7-11(16)8-6-10)12(17)15-13(18)19-14(2,3)4/h5-9,12,16-17H,1-4H3,(H,15,18). The first kappa shape index (κ1) is 15.3. The number of carbonyl (C=O) groups is 1. The number of phenolic OH excluding ortho intramolecular Hbond substituents is 1. The van der Waals surface area contributed by atoms with E-state index in [0.29, 0.717) is 0 Å². The van der Waals surface area contributed by atoms with E-state index >= 15 is 0 Å². The summed E-state index contributed by atoms with van der Waals surface area (Å²) in [5.41, 5.74) is 0.201. The van der Waals surface area contributed by atoms with Crippen LogP contribution in [0.3, 0.4) is 0 Å². The topological polar surface area (TPSA) is 78.8 Å². The Morgan fingerprint density at radius 3 is 2.26 bits per heavy atom. The molecule has 0 aromatic heterocycles. The Morgan fingerprint density at radius 1 is 1.26 bits per heavy atom. The van der Waals surface area contributed by atoms with Gasteiger partial charge in [0.05, 0.1) is 0 Å². The molecule has 0 aliphatic rings. The summed E-state index contributed by atoms with van der Waals surface area (Å²) in [6, 6.07) is 6.46. The van der Waals surface area contributed by atoms with Crippen LogP contribution in [0.15, 0.2) is 24.3 Å². The van der Waals surface area contributed by atoms with Gasteiger partial charge in [0.25, 0.3) is 0 Å². The highest BCUT2D eigenvalue weighted by molar-refractivity contribution is 5.68. The van der Waals surface area contributed by atoms with Crippen molar-refractivity contribution in [1.82, 2.24) is 5.32 Å². The van der Waals surface area contributed by atoms with Crippen molar-refractivity contribution >= 4 is 6.09 Å². The Labute approximate surface area is 113 Å². The van der Waals surface area contributed by atoms with Gasteiger partial charge >= 0.3 is 6.09 Å². The molecule has 1 rings (SSSR count). The maximum atomic E-state index is 11.5. The van der Waals surface area contributed by atoms with Gasteiger partial charge in [-0.3, -0.25) is 5.32 Å². The molecule has 5 nitrogen and oxygen atoms in total. The molecule has 19 heavy (non-hydrogen) atoms. The van der Waals surface area contributed by atoms with Gasteiger partial charge in [-0.25, -0.2) is 4.79 Å². The van der Waals surface area contributed by atoms with Crippen LogP contribution >= 0.6 is 0 Å². The second kappa shape index (κ2) is 5.93. The van der Waals surface area contributed by atoms with Crippen LogP contribution in [0.4, 0.5) is 4.79 Å². The van der Waals surface area contributed by atoms with Crippen molar-refractivity contribution in [2.24, 2.45) is 0 Å². The van der Waals surface area contributed by atoms with E-state index in [0.717, 1.165) is 5.56 Å². The molecular formula is C14H21NO4. The van der Waals surface area contributed by atoms with Gasteiger partial charge in [0, 0.05) is 5.92 Å². The third-order valence-electron chi connectivity index (χ3n) is 2.56. The van der Waals surface area contributed by atoms with Crippen molar-refractivity contribution in [2.45, 2.75) is 45.4 Å². The first-order valence-corrected chi connectivity index (χ1v) is 6.15. The van der Waals surface area contributed by atoms with Crippen LogP contribution in [0.2, 0.25) is 0 Å². The van der Waals surface area contributed by atoms with Crippen LogP contribution in [0.25, 0.3) is 0 Å². The molecule has 5 heteroatoms. The summed E-state index contributed by atoms with van der Waals surface area (Å²) >= 11 is 0. The van der Waals surface area contributed by atoms with Gasteiger partial charge in [-0.1, -0.05) is 19.1 Å². The zero-order valence-corrected chi connectivity index (χ0v) is 11.7. The monoisotopic (exact) mass is 267 g/mol. The Hall–Kier alpha value is -1.75. The lowest BCUT2D eigenvalue weighted by Crippen LogP contribution is -2.41. The third-order valence-corrected chi connectivity index (χ3v) is 2.56. The lowest BCUT2D eigenvalue weighted by Gasteiger charge is -2.24. The fourth-order valence-electron chi connectivity index (χ4n) is 1.51. The summed E-state index contributed by atoms with van der Waals surface area (Å²) in [4.78, 5) is 11.5. The van der Waals surface area contributed by atoms with E-state index in [2.05, 4.69) is 5.32 Å². The van der Waals surface area contributed by atoms with E-state index in [4.69, 9.17) is 4.74 Å².